The number of sulfonamides is 1. The Hall–Kier alpha value is -5.07. The molecule has 1 aromatic carbocycles. The van der Waals surface area contributed by atoms with Crippen LogP contribution in [0.4, 0.5) is 23.3 Å². The number of nitrogens with one attached hydrogen (secondary N) is 1. The third-order valence-corrected chi connectivity index (χ3v) is 6.32. The number of imidazole rings is 1. The van der Waals surface area contributed by atoms with Crippen LogP contribution in [0.3, 0.4) is 0 Å². The zero-order valence-electron chi connectivity index (χ0n) is 20.2. The van der Waals surface area contributed by atoms with E-state index in [1.807, 2.05) is 43.3 Å². The highest BCUT2D eigenvalue weighted by Gasteiger charge is 2.24. The smallest absolute Gasteiger partial charge is 0.258 e. The summed E-state index contributed by atoms with van der Waals surface area (Å²) in [6.07, 6.45) is 4.40. The normalized spacial score (nSPS) is 11.7. The number of aryl methyl sites for hydroxylation is 1. The highest BCUT2D eigenvalue weighted by atomic mass is 32.2. The third kappa shape index (κ3) is 4.68. The van der Waals surface area contributed by atoms with Crippen LogP contribution in [0.25, 0.3) is 16.7 Å². The predicted molar refractivity (Wildman–Crippen MR) is 137 cm³/mol. The van der Waals surface area contributed by atoms with Crippen LogP contribution < -0.4 is 10.0 Å². The number of primary sulfonamides is 1. The fraction of sp³-hybridized carbons (Fsp3) is 0.130. The molecule has 4 aromatic heterocycles. The largest absolute Gasteiger partial charge is 0.330 e. The average Bonchev–Trinajstić information content (AvgIpc) is 3.58. The standard InChI is InChI=1S/C23H20N12O2S/c1-3-34(18-9-8-15-6-4-5-7-17(15)29-18)23-28-14(2)20(22(30-23)38(25,36)37)31-32-21-16(10-24)12-35(33-21)19-11-26-13-27-19/h4-9,11-13H,3H2,1-2H3,(H,26,27)(H2,25,36,37). The van der Waals surface area contributed by atoms with Gasteiger partial charge in [0.2, 0.25) is 16.8 Å². The third-order valence-electron chi connectivity index (χ3n) is 5.49. The van der Waals surface area contributed by atoms with Crippen molar-refractivity contribution in [2.45, 2.75) is 18.9 Å². The summed E-state index contributed by atoms with van der Waals surface area (Å²) in [5.74, 6) is 1.07. The number of benzene rings is 1. The van der Waals surface area contributed by atoms with Crippen molar-refractivity contribution in [3.8, 4) is 11.9 Å². The number of H-pyrrole nitrogens is 1. The lowest BCUT2D eigenvalue weighted by Crippen LogP contribution is -2.23. The van der Waals surface area contributed by atoms with E-state index in [0.29, 0.717) is 18.2 Å². The maximum absolute atomic E-state index is 12.5. The number of aromatic amines is 1. The zero-order chi connectivity index (χ0) is 26.9. The first-order valence-corrected chi connectivity index (χ1v) is 12.8. The van der Waals surface area contributed by atoms with E-state index in [4.69, 9.17) is 5.14 Å². The van der Waals surface area contributed by atoms with Crippen LogP contribution in [0.5, 0.6) is 0 Å². The van der Waals surface area contributed by atoms with Crippen LogP contribution in [0, 0.1) is 18.3 Å². The molecule has 0 amide bonds. The van der Waals surface area contributed by atoms with Crippen molar-refractivity contribution < 1.29 is 8.42 Å². The Labute approximate surface area is 216 Å². The van der Waals surface area contributed by atoms with Crippen molar-refractivity contribution in [2.75, 3.05) is 11.4 Å². The lowest BCUT2D eigenvalue weighted by molar-refractivity contribution is 0.593. The lowest BCUT2D eigenvalue weighted by Gasteiger charge is -2.21. The number of hydrogen-bond donors (Lipinski definition) is 2. The number of aromatic nitrogens is 7. The number of fused-ring (bicyclic) bond motifs is 1. The van der Waals surface area contributed by atoms with Gasteiger partial charge < -0.3 is 4.98 Å². The summed E-state index contributed by atoms with van der Waals surface area (Å²) in [7, 11) is -4.34. The van der Waals surface area contributed by atoms with E-state index in [0.717, 1.165) is 10.9 Å². The van der Waals surface area contributed by atoms with Crippen molar-refractivity contribution in [1.29, 1.82) is 5.26 Å². The molecule has 3 N–H and O–H groups in total. The first-order valence-electron chi connectivity index (χ1n) is 11.2. The summed E-state index contributed by atoms with van der Waals surface area (Å²) in [6, 6.07) is 13.3. The van der Waals surface area contributed by atoms with Crippen LogP contribution in [-0.4, -0.2) is 49.7 Å². The Morgan fingerprint density at radius 1 is 1.16 bits per heavy atom. The highest BCUT2D eigenvalue weighted by molar-refractivity contribution is 7.89. The van der Waals surface area contributed by atoms with Gasteiger partial charge in [0.25, 0.3) is 10.0 Å². The highest BCUT2D eigenvalue weighted by Crippen LogP contribution is 2.31. The SMILES string of the molecule is CCN(c1ccc2ccccc2n1)c1nc(C)c(N=Nc2nn(-c3cnc[nH]3)cc2C#N)c(S(N)(=O)=O)n1. The van der Waals surface area contributed by atoms with Crippen LogP contribution in [0.15, 0.2) is 70.4 Å². The van der Waals surface area contributed by atoms with Crippen LogP contribution >= 0.6 is 0 Å². The molecule has 14 nitrogen and oxygen atoms in total. The summed E-state index contributed by atoms with van der Waals surface area (Å²) in [6.45, 7) is 3.82. The molecule has 0 unspecified atom stereocenters. The molecular formula is C23H20N12O2S. The average molecular weight is 529 g/mol. The van der Waals surface area contributed by atoms with Crippen molar-refractivity contribution in [2.24, 2.45) is 15.4 Å². The van der Waals surface area contributed by atoms with Gasteiger partial charge in [-0.25, -0.2) is 33.2 Å². The second-order valence-electron chi connectivity index (χ2n) is 7.97. The number of anilines is 2. The van der Waals surface area contributed by atoms with Crippen LogP contribution in [-0.2, 0) is 10.0 Å². The number of hydrogen-bond acceptors (Lipinski definition) is 11. The molecular weight excluding hydrogens is 508 g/mol. The second kappa shape index (κ2) is 9.76. The maximum atomic E-state index is 12.5. The molecule has 0 spiro atoms. The van der Waals surface area contributed by atoms with Gasteiger partial charge in [0.1, 0.15) is 23.1 Å². The topological polar surface area (TPSA) is 197 Å². The molecule has 0 saturated carbocycles. The molecule has 0 saturated heterocycles. The van der Waals surface area contributed by atoms with E-state index in [9.17, 15) is 13.7 Å². The Morgan fingerprint density at radius 2 is 1.97 bits per heavy atom. The van der Waals surface area contributed by atoms with E-state index in [1.165, 1.54) is 23.4 Å². The number of rotatable bonds is 7. The van der Waals surface area contributed by atoms with E-state index < -0.39 is 15.0 Å². The van der Waals surface area contributed by atoms with Gasteiger partial charge in [-0.05, 0) is 32.0 Å². The number of nitriles is 1. The minimum Gasteiger partial charge on any atom is -0.330 e. The Bertz CT molecular complexity index is 1820. The van der Waals surface area contributed by atoms with E-state index in [-0.39, 0.29) is 28.7 Å². The number of para-hydroxylation sites is 1. The molecule has 38 heavy (non-hydrogen) atoms. The summed E-state index contributed by atoms with van der Waals surface area (Å²) in [4.78, 5) is 21.8. The Morgan fingerprint density at radius 3 is 2.68 bits per heavy atom. The summed E-state index contributed by atoms with van der Waals surface area (Å²) < 4.78 is 26.4. The van der Waals surface area contributed by atoms with Gasteiger partial charge >= 0.3 is 0 Å². The van der Waals surface area contributed by atoms with Gasteiger partial charge in [-0.2, -0.15) is 10.2 Å². The van der Waals surface area contributed by atoms with Gasteiger partial charge in [-0.1, -0.05) is 18.2 Å². The lowest BCUT2D eigenvalue weighted by atomic mass is 10.2. The van der Waals surface area contributed by atoms with Gasteiger partial charge in [0, 0.05) is 11.9 Å². The molecule has 0 atom stereocenters. The molecule has 0 radical (unpaired) electrons. The minimum absolute atomic E-state index is 0.0403. The van der Waals surface area contributed by atoms with Crippen molar-refractivity contribution in [1.82, 2.24) is 34.7 Å². The fourth-order valence-electron chi connectivity index (χ4n) is 3.68. The number of azo groups is 1. The number of nitrogens with two attached hydrogens (primary N) is 1. The molecule has 0 fully saturated rings. The minimum atomic E-state index is -4.34. The first-order chi connectivity index (χ1) is 18.3. The second-order valence-corrected chi connectivity index (χ2v) is 9.45. The van der Waals surface area contributed by atoms with Gasteiger partial charge in [0.05, 0.1) is 29.9 Å². The molecule has 4 heterocycles. The summed E-state index contributed by atoms with van der Waals surface area (Å²) >= 11 is 0. The number of pyridine rings is 1. The molecule has 0 bridgehead atoms. The van der Waals surface area contributed by atoms with Crippen LogP contribution in [0.2, 0.25) is 0 Å². The van der Waals surface area contributed by atoms with E-state index in [1.54, 1.807) is 17.9 Å². The van der Waals surface area contributed by atoms with Crippen LogP contribution in [0.1, 0.15) is 18.2 Å². The molecule has 0 aliphatic rings. The van der Waals surface area contributed by atoms with E-state index >= 15 is 0 Å². The van der Waals surface area contributed by atoms with E-state index in [2.05, 4.69) is 40.2 Å². The van der Waals surface area contributed by atoms with Crippen molar-refractivity contribution in [3.05, 3.63) is 66.4 Å². The molecule has 5 aromatic rings. The molecule has 0 aliphatic carbocycles. The fourth-order valence-corrected chi connectivity index (χ4v) is 4.35. The Kier molecular flexibility index (Phi) is 6.33. The number of nitrogens with zero attached hydrogens (tertiary/aromatic N) is 10. The van der Waals surface area contributed by atoms with Gasteiger partial charge in [0.15, 0.2) is 5.82 Å². The quantitative estimate of drug-likeness (QED) is 0.235. The molecule has 5 rings (SSSR count). The first kappa shape index (κ1) is 24.6. The molecule has 0 aliphatic heterocycles. The van der Waals surface area contributed by atoms with Crippen molar-refractivity contribution >= 4 is 44.2 Å². The zero-order valence-corrected chi connectivity index (χ0v) is 21.0. The predicted octanol–water partition coefficient (Wildman–Crippen LogP) is 3.33. The molecule has 190 valence electrons. The summed E-state index contributed by atoms with van der Waals surface area (Å²) in [5.41, 5.74) is 0.905. The molecule has 15 heteroatoms. The van der Waals surface area contributed by atoms with Gasteiger partial charge in [-0.3, -0.25) is 4.90 Å². The maximum Gasteiger partial charge on any atom is 0.258 e. The summed E-state index contributed by atoms with van der Waals surface area (Å²) in [5, 5.41) is 27.7. The van der Waals surface area contributed by atoms with Crippen molar-refractivity contribution in [3.63, 3.8) is 0 Å². The monoisotopic (exact) mass is 528 g/mol. The van der Waals surface area contributed by atoms with Gasteiger partial charge in [-0.15, -0.1) is 15.3 Å². The Balaban J connectivity index is 1.57.